The monoisotopic (exact) mass is 324 g/mol. The number of urea groups is 1. The minimum atomic E-state index is -0.0744. The van der Waals surface area contributed by atoms with Crippen LogP contribution in [0.25, 0.3) is 0 Å². The van der Waals surface area contributed by atoms with E-state index >= 15 is 0 Å². The van der Waals surface area contributed by atoms with Crippen molar-refractivity contribution in [2.75, 3.05) is 38.2 Å². The van der Waals surface area contributed by atoms with Gasteiger partial charge in [0, 0.05) is 18.5 Å². The summed E-state index contributed by atoms with van der Waals surface area (Å²) >= 11 is 1.50. The first kappa shape index (κ1) is 15.7. The maximum Gasteiger partial charge on any atom is 0.324 e. The van der Waals surface area contributed by atoms with Gasteiger partial charge in [-0.3, -0.25) is 10.2 Å². The topological polar surface area (TPSA) is 57.7 Å². The minimum absolute atomic E-state index is 0.0744. The number of thiazole rings is 1. The number of hydrogen-bond acceptors (Lipinski definition) is 5. The molecule has 3 rings (SSSR count). The van der Waals surface area contributed by atoms with Crippen LogP contribution in [0.2, 0.25) is 0 Å². The van der Waals surface area contributed by atoms with Crippen LogP contribution in [0.1, 0.15) is 31.9 Å². The molecule has 0 bridgehead atoms. The molecule has 2 fully saturated rings. The number of ether oxygens (including phenoxy) is 1. The summed E-state index contributed by atoms with van der Waals surface area (Å²) in [6, 6.07) is 0.0382. The van der Waals surface area contributed by atoms with Gasteiger partial charge in [0.1, 0.15) is 0 Å². The zero-order chi connectivity index (χ0) is 15.4. The van der Waals surface area contributed by atoms with Crippen LogP contribution in [-0.4, -0.2) is 59.7 Å². The van der Waals surface area contributed by atoms with Crippen molar-refractivity contribution in [1.29, 1.82) is 0 Å². The highest BCUT2D eigenvalue weighted by molar-refractivity contribution is 7.13. The molecule has 0 radical (unpaired) electrons. The smallest absolute Gasteiger partial charge is 0.324 e. The number of anilines is 1. The molecule has 0 unspecified atom stereocenters. The predicted octanol–water partition coefficient (Wildman–Crippen LogP) is 2.38. The van der Waals surface area contributed by atoms with Crippen LogP contribution in [0, 0.1) is 0 Å². The predicted molar refractivity (Wildman–Crippen MR) is 87.2 cm³/mol. The third kappa shape index (κ3) is 3.97. The van der Waals surface area contributed by atoms with Gasteiger partial charge in [0.15, 0.2) is 5.13 Å². The highest BCUT2D eigenvalue weighted by atomic mass is 32.1. The molecule has 2 aliphatic rings. The average Bonchev–Trinajstić information content (AvgIpc) is 2.95. The van der Waals surface area contributed by atoms with Crippen LogP contribution in [0.4, 0.5) is 9.93 Å². The average molecular weight is 324 g/mol. The van der Waals surface area contributed by atoms with Gasteiger partial charge in [-0.25, -0.2) is 9.78 Å². The molecular weight excluding hydrogens is 300 g/mol. The number of piperidine rings is 1. The number of carbonyl (C=O) groups excluding carboxylic acids is 1. The summed E-state index contributed by atoms with van der Waals surface area (Å²) in [5, 5.41) is 5.66. The summed E-state index contributed by atoms with van der Waals surface area (Å²) in [6.07, 6.45) is 3.90. The van der Waals surface area contributed by atoms with E-state index in [0.717, 1.165) is 25.3 Å². The molecule has 0 saturated carbocycles. The number of nitrogens with one attached hydrogen (secondary N) is 1. The molecular formula is C15H24N4O2S. The fourth-order valence-electron chi connectivity index (χ4n) is 2.98. The maximum absolute atomic E-state index is 12.3. The Balaban J connectivity index is 1.53. The Bertz CT molecular complexity index is 501. The summed E-state index contributed by atoms with van der Waals surface area (Å²) in [5.74, 6) is 0. The molecule has 122 valence electrons. The summed E-state index contributed by atoms with van der Waals surface area (Å²) in [5.41, 5.74) is 1.05. The standard InChI is InChI=1S/C15H24N4O2S/c1-12-10-21-8-7-19(12)15(20)17-14-16-13(11-22-14)9-18-5-3-2-4-6-18/h11-12H,2-10H2,1H3,(H,16,17,20)/t12-/m0/s1. The van der Waals surface area contributed by atoms with E-state index < -0.39 is 0 Å². The van der Waals surface area contributed by atoms with Gasteiger partial charge < -0.3 is 9.64 Å². The van der Waals surface area contributed by atoms with Crippen molar-refractivity contribution in [3.63, 3.8) is 0 Å². The first-order chi connectivity index (χ1) is 10.7. The number of nitrogens with zero attached hydrogens (tertiary/aromatic N) is 3. The molecule has 6 nitrogen and oxygen atoms in total. The molecule has 1 atom stereocenters. The Hall–Kier alpha value is -1.18. The van der Waals surface area contributed by atoms with Crippen molar-refractivity contribution in [2.24, 2.45) is 0 Å². The Kier molecular flexibility index (Phi) is 5.28. The first-order valence-corrected chi connectivity index (χ1v) is 8.92. The van der Waals surface area contributed by atoms with E-state index in [1.54, 1.807) is 0 Å². The van der Waals surface area contributed by atoms with Crippen molar-refractivity contribution in [3.8, 4) is 0 Å². The lowest BCUT2D eigenvalue weighted by atomic mass is 10.1. The zero-order valence-corrected chi connectivity index (χ0v) is 13.9. The molecule has 2 amide bonds. The zero-order valence-electron chi connectivity index (χ0n) is 13.1. The van der Waals surface area contributed by atoms with Gasteiger partial charge in [-0.15, -0.1) is 11.3 Å². The van der Waals surface area contributed by atoms with Gasteiger partial charge >= 0.3 is 6.03 Å². The fourth-order valence-corrected chi connectivity index (χ4v) is 3.67. The lowest BCUT2D eigenvalue weighted by Gasteiger charge is -2.32. The van der Waals surface area contributed by atoms with E-state index in [2.05, 4.69) is 15.2 Å². The molecule has 3 heterocycles. The Morgan fingerprint density at radius 3 is 3.00 bits per heavy atom. The molecule has 0 aromatic carbocycles. The summed E-state index contributed by atoms with van der Waals surface area (Å²) in [4.78, 5) is 21.1. The number of morpholine rings is 1. The van der Waals surface area contributed by atoms with Gasteiger partial charge in [0.05, 0.1) is 24.9 Å². The molecule has 0 aliphatic carbocycles. The van der Waals surface area contributed by atoms with Crippen LogP contribution < -0.4 is 5.32 Å². The SMILES string of the molecule is C[C@H]1COCCN1C(=O)Nc1nc(CN2CCCCC2)cs1. The van der Waals surface area contributed by atoms with Crippen LogP contribution in [-0.2, 0) is 11.3 Å². The third-order valence-electron chi connectivity index (χ3n) is 4.23. The number of likely N-dealkylation sites (tertiary alicyclic amines) is 1. The molecule has 1 N–H and O–H groups in total. The largest absolute Gasteiger partial charge is 0.377 e. The normalized spacial score (nSPS) is 23.5. The third-order valence-corrected chi connectivity index (χ3v) is 5.03. The van der Waals surface area contributed by atoms with E-state index in [4.69, 9.17) is 4.74 Å². The Morgan fingerprint density at radius 1 is 1.41 bits per heavy atom. The number of hydrogen-bond donors (Lipinski definition) is 1. The van der Waals surface area contributed by atoms with Crippen molar-refractivity contribution in [3.05, 3.63) is 11.1 Å². The molecule has 0 spiro atoms. The van der Waals surface area contributed by atoms with Gasteiger partial charge in [-0.2, -0.15) is 0 Å². The second kappa shape index (κ2) is 7.39. The summed E-state index contributed by atoms with van der Waals surface area (Å²) in [7, 11) is 0. The summed E-state index contributed by atoms with van der Waals surface area (Å²) in [6.45, 7) is 7.05. The van der Waals surface area contributed by atoms with E-state index in [9.17, 15) is 4.79 Å². The van der Waals surface area contributed by atoms with E-state index in [0.29, 0.717) is 24.9 Å². The first-order valence-electron chi connectivity index (χ1n) is 8.04. The second-order valence-electron chi connectivity index (χ2n) is 6.03. The van der Waals surface area contributed by atoms with Crippen molar-refractivity contribution in [2.45, 2.75) is 38.8 Å². The highest BCUT2D eigenvalue weighted by Crippen LogP contribution is 2.20. The lowest BCUT2D eigenvalue weighted by Crippen LogP contribution is -2.48. The van der Waals surface area contributed by atoms with E-state index in [1.807, 2.05) is 17.2 Å². The van der Waals surface area contributed by atoms with Gasteiger partial charge in [-0.05, 0) is 32.9 Å². The molecule has 22 heavy (non-hydrogen) atoms. The second-order valence-corrected chi connectivity index (χ2v) is 6.89. The van der Waals surface area contributed by atoms with Crippen LogP contribution in [0.3, 0.4) is 0 Å². The highest BCUT2D eigenvalue weighted by Gasteiger charge is 2.24. The number of aromatic nitrogens is 1. The minimum Gasteiger partial charge on any atom is -0.377 e. The number of amides is 2. The molecule has 1 aromatic heterocycles. The number of carbonyl (C=O) groups is 1. The molecule has 7 heteroatoms. The van der Waals surface area contributed by atoms with Gasteiger partial charge in [-0.1, -0.05) is 6.42 Å². The van der Waals surface area contributed by atoms with Crippen LogP contribution in [0.5, 0.6) is 0 Å². The maximum atomic E-state index is 12.3. The van der Waals surface area contributed by atoms with Crippen LogP contribution in [0.15, 0.2) is 5.38 Å². The van der Waals surface area contributed by atoms with E-state index in [1.165, 1.54) is 30.6 Å². The lowest BCUT2D eigenvalue weighted by molar-refractivity contribution is 0.0221. The quantitative estimate of drug-likeness (QED) is 0.927. The van der Waals surface area contributed by atoms with E-state index in [-0.39, 0.29) is 12.1 Å². The Labute approximate surface area is 135 Å². The Morgan fingerprint density at radius 2 is 2.23 bits per heavy atom. The van der Waals surface area contributed by atoms with Gasteiger partial charge in [0.2, 0.25) is 0 Å². The van der Waals surface area contributed by atoms with Crippen molar-refractivity contribution in [1.82, 2.24) is 14.8 Å². The fraction of sp³-hybridized carbons (Fsp3) is 0.733. The van der Waals surface area contributed by atoms with Crippen LogP contribution >= 0.6 is 11.3 Å². The molecule has 2 aliphatic heterocycles. The summed E-state index contributed by atoms with van der Waals surface area (Å²) < 4.78 is 5.36. The van der Waals surface area contributed by atoms with Crippen molar-refractivity contribution < 1.29 is 9.53 Å². The number of rotatable bonds is 3. The van der Waals surface area contributed by atoms with Gasteiger partial charge in [0.25, 0.3) is 0 Å². The molecule has 2 saturated heterocycles. The van der Waals surface area contributed by atoms with Crippen molar-refractivity contribution >= 4 is 22.5 Å². The molecule has 1 aromatic rings.